The minimum absolute atomic E-state index is 0.148. The third kappa shape index (κ3) is 3.40. The van der Waals surface area contributed by atoms with Crippen molar-refractivity contribution in [2.75, 3.05) is 13.1 Å². The van der Waals surface area contributed by atoms with Crippen LogP contribution in [0.15, 0.2) is 24.3 Å². The highest BCUT2D eigenvalue weighted by molar-refractivity contribution is 5.94. The third-order valence-corrected chi connectivity index (χ3v) is 3.83. The van der Waals surface area contributed by atoms with Crippen LogP contribution in [-0.4, -0.2) is 29.9 Å². The van der Waals surface area contributed by atoms with Crippen LogP contribution in [0.5, 0.6) is 0 Å². The first-order chi connectivity index (χ1) is 9.76. The predicted molar refractivity (Wildman–Crippen MR) is 81.3 cm³/mol. The van der Waals surface area contributed by atoms with E-state index in [0.29, 0.717) is 12.6 Å². The lowest BCUT2D eigenvalue weighted by atomic mass is 9.98. The average molecular weight is 270 g/mol. The third-order valence-electron chi connectivity index (χ3n) is 3.83. The number of carbonyl (C=O) groups excluding carboxylic acids is 1. The van der Waals surface area contributed by atoms with Crippen LogP contribution in [0.2, 0.25) is 0 Å². The number of nitrogens with two attached hydrogens (primary N) is 1. The number of rotatable bonds is 2. The van der Waals surface area contributed by atoms with E-state index in [2.05, 4.69) is 18.8 Å². The highest BCUT2D eigenvalue weighted by atomic mass is 16.2. The monoisotopic (exact) mass is 270 g/mol. The Balaban J connectivity index is 2.12. The van der Waals surface area contributed by atoms with Gasteiger partial charge in [0.1, 0.15) is 0 Å². The number of nitrogens with zero attached hydrogens (tertiary/aromatic N) is 1. The van der Waals surface area contributed by atoms with E-state index in [1.54, 1.807) is 0 Å². The van der Waals surface area contributed by atoms with Gasteiger partial charge in [-0.2, -0.15) is 0 Å². The molecule has 2 N–H and O–H groups in total. The van der Waals surface area contributed by atoms with Crippen molar-refractivity contribution >= 4 is 5.91 Å². The molecule has 1 saturated heterocycles. The fourth-order valence-corrected chi connectivity index (χ4v) is 2.71. The van der Waals surface area contributed by atoms with Gasteiger partial charge < -0.3 is 10.6 Å². The summed E-state index contributed by atoms with van der Waals surface area (Å²) in [5.74, 6) is 5.93. The fraction of sp³-hybridized carbons (Fsp3) is 0.471. The topological polar surface area (TPSA) is 46.3 Å². The molecule has 2 rings (SSSR count). The van der Waals surface area contributed by atoms with Gasteiger partial charge in [-0.15, -0.1) is 0 Å². The first-order valence-corrected chi connectivity index (χ1v) is 7.36. The molecule has 1 aromatic rings. The molecule has 0 bridgehead atoms. The molecule has 3 heteroatoms. The molecule has 0 spiro atoms. The van der Waals surface area contributed by atoms with Crippen molar-refractivity contribution in [3.05, 3.63) is 35.4 Å². The minimum atomic E-state index is 0.148. The van der Waals surface area contributed by atoms with Gasteiger partial charge in [-0.3, -0.25) is 4.79 Å². The Labute approximate surface area is 121 Å². The second kappa shape index (κ2) is 7.12. The zero-order chi connectivity index (χ0) is 14.4. The van der Waals surface area contributed by atoms with Crippen molar-refractivity contribution in [2.45, 2.75) is 38.6 Å². The molecular formula is C17H22N2O. The Hall–Kier alpha value is -1.79. The summed E-state index contributed by atoms with van der Waals surface area (Å²) in [6.45, 7) is 3.39. The molecule has 0 radical (unpaired) electrons. The van der Waals surface area contributed by atoms with E-state index in [4.69, 9.17) is 5.73 Å². The van der Waals surface area contributed by atoms with Crippen LogP contribution in [-0.2, 0) is 0 Å². The van der Waals surface area contributed by atoms with Crippen LogP contribution in [0, 0.1) is 11.8 Å². The molecule has 1 fully saturated rings. The van der Waals surface area contributed by atoms with Crippen LogP contribution in [0.4, 0.5) is 0 Å². The van der Waals surface area contributed by atoms with Crippen molar-refractivity contribution in [2.24, 2.45) is 5.73 Å². The number of amides is 1. The largest absolute Gasteiger partial charge is 0.336 e. The maximum Gasteiger partial charge on any atom is 0.254 e. The van der Waals surface area contributed by atoms with Crippen LogP contribution in [0.3, 0.4) is 0 Å². The lowest BCUT2D eigenvalue weighted by Gasteiger charge is -2.35. The molecule has 1 aliphatic heterocycles. The van der Waals surface area contributed by atoms with Crippen molar-refractivity contribution in [1.82, 2.24) is 4.90 Å². The first-order valence-electron chi connectivity index (χ1n) is 7.36. The number of hydrogen-bond acceptors (Lipinski definition) is 2. The standard InChI is InChI=1S/C17H22N2O/c1-2-16-7-3-4-13-19(16)17(20)15-10-8-14(9-11-15)6-5-12-18/h8-11,16H,2-4,7,12-13,18H2,1H3. The van der Waals surface area contributed by atoms with E-state index in [9.17, 15) is 4.79 Å². The van der Waals surface area contributed by atoms with Gasteiger partial charge >= 0.3 is 0 Å². The van der Waals surface area contributed by atoms with Crippen LogP contribution >= 0.6 is 0 Å². The van der Waals surface area contributed by atoms with E-state index in [-0.39, 0.29) is 5.91 Å². The molecular weight excluding hydrogens is 248 g/mol. The number of likely N-dealkylation sites (tertiary alicyclic amines) is 1. The van der Waals surface area contributed by atoms with E-state index in [1.807, 2.05) is 29.2 Å². The van der Waals surface area contributed by atoms with Crippen LogP contribution < -0.4 is 5.73 Å². The Kier molecular flexibility index (Phi) is 5.20. The maximum atomic E-state index is 12.6. The Morgan fingerprint density at radius 3 is 2.75 bits per heavy atom. The van der Waals surface area contributed by atoms with Gasteiger partial charge in [0.2, 0.25) is 0 Å². The summed E-state index contributed by atoms with van der Waals surface area (Å²) in [4.78, 5) is 14.6. The highest BCUT2D eigenvalue weighted by Gasteiger charge is 2.25. The molecule has 1 atom stereocenters. The zero-order valence-corrected chi connectivity index (χ0v) is 12.1. The number of piperidine rings is 1. The molecule has 20 heavy (non-hydrogen) atoms. The Bertz CT molecular complexity index is 510. The normalized spacial score (nSPS) is 18.3. The van der Waals surface area contributed by atoms with Crippen molar-refractivity contribution in [1.29, 1.82) is 0 Å². The molecule has 1 heterocycles. The summed E-state index contributed by atoms with van der Waals surface area (Å²) >= 11 is 0. The van der Waals surface area contributed by atoms with Gasteiger partial charge in [-0.1, -0.05) is 18.8 Å². The summed E-state index contributed by atoms with van der Waals surface area (Å²) in [6, 6.07) is 7.91. The Morgan fingerprint density at radius 1 is 1.35 bits per heavy atom. The molecule has 1 amide bonds. The van der Waals surface area contributed by atoms with Gasteiger partial charge in [0.25, 0.3) is 5.91 Å². The summed E-state index contributed by atoms with van der Waals surface area (Å²) in [7, 11) is 0. The molecule has 0 saturated carbocycles. The van der Waals surface area contributed by atoms with Crippen molar-refractivity contribution in [3.8, 4) is 11.8 Å². The summed E-state index contributed by atoms with van der Waals surface area (Å²) in [5.41, 5.74) is 7.00. The fourth-order valence-electron chi connectivity index (χ4n) is 2.71. The predicted octanol–water partition coefficient (Wildman–Crippen LogP) is 2.40. The van der Waals surface area contributed by atoms with Gasteiger partial charge in [0, 0.05) is 23.7 Å². The molecule has 1 unspecified atom stereocenters. The maximum absolute atomic E-state index is 12.6. The van der Waals surface area contributed by atoms with E-state index >= 15 is 0 Å². The lowest BCUT2D eigenvalue weighted by Crippen LogP contribution is -2.43. The second-order valence-corrected chi connectivity index (χ2v) is 5.14. The number of benzene rings is 1. The van der Waals surface area contributed by atoms with Crippen molar-refractivity contribution in [3.63, 3.8) is 0 Å². The first kappa shape index (κ1) is 14.6. The van der Waals surface area contributed by atoms with Crippen LogP contribution in [0.1, 0.15) is 48.5 Å². The zero-order valence-electron chi connectivity index (χ0n) is 12.1. The van der Waals surface area contributed by atoms with E-state index in [1.165, 1.54) is 6.42 Å². The minimum Gasteiger partial charge on any atom is -0.336 e. The van der Waals surface area contributed by atoms with Crippen LogP contribution in [0.25, 0.3) is 0 Å². The molecule has 1 aromatic carbocycles. The quantitative estimate of drug-likeness (QED) is 0.839. The lowest BCUT2D eigenvalue weighted by molar-refractivity contribution is 0.0608. The molecule has 0 aliphatic carbocycles. The number of carbonyl (C=O) groups is 1. The van der Waals surface area contributed by atoms with Gasteiger partial charge in [-0.05, 0) is 49.9 Å². The molecule has 0 aromatic heterocycles. The number of hydrogen-bond donors (Lipinski definition) is 1. The molecule has 3 nitrogen and oxygen atoms in total. The second-order valence-electron chi connectivity index (χ2n) is 5.14. The molecule has 1 aliphatic rings. The smallest absolute Gasteiger partial charge is 0.254 e. The van der Waals surface area contributed by atoms with Gasteiger partial charge in [-0.25, -0.2) is 0 Å². The summed E-state index contributed by atoms with van der Waals surface area (Å²) in [6.07, 6.45) is 4.51. The Morgan fingerprint density at radius 2 is 2.10 bits per heavy atom. The molecule has 106 valence electrons. The SMILES string of the molecule is CCC1CCCCN1C(=O)c1ccc(C#CCN)cc1. The highest BCUT2D eigenvalue weighted by Crippen LogP contribution is 2.21. The van der Waals surface area contributed by atoms with Gasteiger partial charge in [0.05, 0.1) is 6.54 Å². The van der Waals surface area contributed by atoms with Gasteiger partial charge in [0.15, 0.2) is 0 Å². The van der Waals surface area contributed by atoms with Crippen molar-refractivity contribution < 1.29 is 4.79 Å². The average Bonchev–Trinajstić information content (AvgIpc) is 2.52. The van der Waals surface area contributed by atoms with E-state index < -0.39 is 0 Å². The summed E-state index contributed by atoms with van der Waals surface area (Å²) in [5, 5.41) is 0. The summed E-state index contributed by atoms with van der Waals surface area (Å²) < 4.78 is 0. The van der Waals surface area contributed by atoms with E-state index in [0.717, 1.165) is 36.9 Å².